The van der Waals surface area contributed by atoms with Crippen molar-refractivity contribution in [3.63, 3.8) is 0 Å². The third-order valence-corrected chi connectivity index (χ3v) is 2.68. The average molecular weight is 240 g/mol. The van der Waals surface area contributed by atoms with E-state index in [1.54, 1.807) is 19.1 Å². The van der Waals surface area contributed by atoms with E-state index >= 15 is 0 Å². The van der Waals surface area contributed by atoms with Crippen LogP contribution in [-0.4, -0.2) is 24.3 Å². The Morgan fingerprint density at radius 2 is 2.18 bits per heavy atom. The number of hydrogen-bond donors (Lipinski definition) is 1. The second-order valence-electron chi connectivity index (χ2n) is 4.01. The van der Waals surface area contributed by atoms with Gasteiger partial charge in [0.1, 0.15) is 13.2 Å². The molecular weight excluding hydrogens is 227 g/mol. The SMILES string of the molecule is CC(Cc1ccc2c(c1F)OCCO2)C(=O)O. The molecule has 1 aliphatic rings. The first-order chi connectivity index (χ1) is 8.09. The molecule has 1 heterocycles. The van der Waals surface area contributed by atoms with E-state index in [-0.39, 0.29) is 12.2 Å². The zero-order valence-electron chi connectivity index (χ0n) is 9.40. The maximum atomic E-state index is 14.0. The zero-order chi connectivity index (χ0) is 12.4. The quantitative estimate of drug-likeness (QED) is 0.876. The molecule has 1 aromatic carbocycles. The number of fused-ring (bicyclic) bond motifs is 1. The Hall–Kier alpha value is -1.78. The molecule has 0 aromatic heterocycles. The molecule has 4 nitrogen and oxygen atoms in total. The van der Waals surface area contributed by atoms with Crippen LogP contribution in [0.15, 0.2) is 12.1 Å². The number of halogens is 1. The Bertz CT molecular complexity index is 444. The lowest BCUT2D eigenvalue weighted by atomic mass is 10.0. The van der Waals surface area contributed by atoms with Crippen molar-refractivity contribution in [3.05, 3.63) is 23.5 Å². The van der Waals surface area contributed by atoms with Crippen LogP contribution >= 0.6 is 0 Å². The van der Waals surface area contributed by atoms with Crippen LogP contribution in [0.1, 0.15) is 12.5 Å². The highest BCUT2D eigenvalue weighted by Gasteiger charge is 2.21. The minimum Gasteiger partial charge on any atom is -0.486 e. The summed E-state index contributed by atoms with van der Waals surface area (Å²) in [6.07, 6.45) is 0.137. The average Bonchev–Trinajstić information content (AvgIpc) is 2.33. The number of hydrogen-bond acceptors (Lipinski definition) is 3. The van der Waals surface area contributed by atoms with Crippen LogP contribution in [0.25, 0.3) is 0 Å². The lowest BCUT2D eigenvalue weighted by molar-refractivity contribution is -0.141. The van der Waals surface area contributed by atoms with Crippen molar-refractivity contribution in [2.24, 2.45) is 5.92 Å². The van der Waals surface area contributed by atoms with Gasteiger partial charge in [-0.25, -0.2) is 4.39 Å². The number of carboxylic acids is 1. The van der Waals surface area contributed by atoms with Crippen LogP contribution in [0.5, 0.6) is 11.5 Å². The van der Waals surface area contributed by atoms with E-state index in [9.17, 15) is 9.18 Å². The number of benzene rings is 1. The second-order valence-corrected chi connectivity index (χ2v) is 4.01. The third-order valence-electron chi connectivity index (χ3n) is 2.68. The fourth-order valence-electron chi connectivity index (χ4n) is 1.70. The second kappa shape index (κ2) is 4.61. The monoisotopic (exact) mass is 240 g/mol. The smallest absolute Gasteiger partial charge is 0.306 e. The van der Waals surface area contributed by atoms with Gasteiger partial charge in [-0.05, 0) is 18.1 Å². The molecule has 2 rings (SSSR count). The standard InChI is InChI=1S/C12H13FO4/c1-7(12(14)15)6-8-2-3-9-11(10(8)13)17-5-4-16-9/h2-3,7H,4-6H2,1H3,(H,14,15). The minimum absolute atomic E-state index is 0.0892. The van der Waals surface area contributed by atoms with E-state index in [0.717, 1.165) is 0 Å². The molecule has 1 atom stereocenters. The lowest BCUT2D eigenvalue weighted by Crippen LogP contribution is -2.18. The summed E-state index contributed by atoms with van der Waals surface area (Å²) >= 11 is 0. The molecule has 0 saturated heterocycles. The molecule has 0 spiro atoms. The fraction of sp³-hybridized carbons (Fsp3) is 0.417. The molecular formula is C12H13FO4. The Morgan fingerprint density at radius 3 is 2.88 bits per heavy atom. The summed E-state index contributed by atoms with van der Waals surface area (Å²) in [6.45, 7) is 2.25. The molecule has 5 heteroatoms. The summed E-state index contributed by atoms with van der Waals surface area (Å²) in [5.74, 6) is -1.63. The van der Waals surface area contributed by atoms with Crippen molar-refractivity contribution < 1.29 is 23.8 Å². The Morgan fingerprint density at radius 1 is 1.47 bits per heavy atom. The molecule has 0 radical (unpaired) electrons. The van der Waals surface area contributed by atoms with Gasteiger partial charge in [0, 0.05) is 0 Å². The van der Waals surface area contributed by atoms with Gasteiger partial charge in [0.2, 0.25) is 0 Å². The highest BCUT2D eigenvalue weighted by molar-refractivity contribution is 5.70. The van der Waals surface area contributed by atoms with Gasteiger partial charge in [-0.2, -0.15) is 0 Å². The molecule has 1 unspecified atom stereocenters. The molecule has 0 bridgehead atoms. The van der Waals surface area contributed by atoms with E-state index in [1.807, 2.05) is 0 Å². The maximum Gasteiger partial charge on any atom is 0.306 e. The molecule has 0 saturated carbocycles. The molecule has 0 fully saturated rings. The predicted octanol–water partition coefficient (Wildman–Crippen LogP) is 1.86. The number of aliphatic carboxylic acids is 1. The molecule has 17 heavy (non-hydrogen) atoms. The van der Waals surface area contributed by atoms with Crippen LogP contribution < -0.4 is 9.47 Å². The molecule has 1 aromatic rings. The van der Waals surface area contributed by atoms with Crippen molar-refractivity contribution in [1.29, 1.82) is 0 Å². The minimum atomic E-state index is -0.945. The van der Waals surface area contributed by atoms with E-state index in [4.69, 9.17) is 14.6 Å². The van der Waals surface area contributed by atoms with Crippen LogP contribution in [0, 0.1) is 11.7 Å². The van der Waals surface area contributed by atoms with E-state index in [0.29, 0.717) is 24.5 Å². The largest absolute Gasteiger partial charge is 0.486 e. The number of carboxylic acid groups (broad SMARTS) is 1. The van der Waals surface area contributed by atoms with Crippen LogP contribution in [-0.2, 0) is 11.2 Å². The Balaban J connectivity index is 2.27. The van der Waals surface area contributed by atoms with E-state index in [2.05, 4.69) is 0 Å². The first-order valence-corrected chi connectivity index (χ1v) is 5.39. The third kappa shape index (κ3) is 2.33. The van der Waals surface area contributed by atoms with Gasteiger partial charge in [-0.3, -0.25) is 4.79 Å². The first kappa shape index (κ1) is 11.7. The van der Waals surface area contributed by atoms with Gasteiger partial charge >= 0.3 is 5.97 Å². The van der Waals surface area contributed by atoms with Crippen LogP contribution in [0.2, 0.25) is 0 Å². The molecule has 92 valence electrons. The Kier molecular flexibility index (Phi) is 3.17. The predicted molar refractivity (Wildman–Crippen MR) is 57.9 cm³/mol. The van der Waals surface area contributed by atoms with E-state index < -0.39 is 17.7 Å². The van der Waals surface area contributed by atoms with E-state index in [1.165, 1.54) is 0 Å². The van der Waals surface area contributed by atoms with Crippen molar-refractivity contribution in [1.82, 2.24) is 0 Å². The summed E-state index contributed by atoms with van der Waals surface area (Å²) in [6, 6.07) is 3.16. The topological polar surface area (TPSA) is 55.8 Å². The van der Waals surface area contributed by atoms with Crippen LogP contribution in [0.4, 0.5) is 4.39 Å². The normalized spacial score (nSPS) is 15.4. The fourth-order valence-corrected chi connectivity index (χ4v) is 1.70. The van der Waals surface area contributed by atoms with Crippen molar-refractivity contribution in [3.8, 4) is 11.5 Å². The van der Waals surface area contributed by atoms with Gasteiger partial charge in [-0.15, -0.1) is 0 Å². The summed E-state index contributed by atoms with van der Waals surface area (Å²) in [7, 11) is 0. The summed E-state index contributed by atoms with van der Waals surface area (Å²) in [5.41, 5.74) is 0.337. The van der Waals surface area contributed by atoms with Crippen LogP contribution in [0.3, 0.4) is 0 Å². The van der Waals surface area contributed by atoms with Crippen molar-refractivity contribution >= 4 is 5.97 Å². The lowest BCUT2D eigenvalue weighted by Gasteiger charge is -2.20. The van der Waals surface area contributed by atoms with Gasteiger partial charge in [0.05, 0.1) is 5.92 Å². The molecule has 0 aliphatic carbocycles. The molecule has 0 amide bonds. The number of carbonyl (C=O) groups is 1. The summed E-state index contributed by atoms with van der Waals surface area (Å²) < 4.78 is 24.4. The molecule has 1 N–H and O–H groups in total. The first-order valence-electron chi connectivity index (χ1n) is 5.39. The molecule has 1 aliphatic heterocycles. The number of ether oxygens (including phenoxy) is 2. The van der Waals surface area contributed by atoms with Crippen molar-refractivity contribution in [2.45, 2.75) is 13.3 Å². The zero-order valence-corrected chi connectivity index (χ0v) is 9.40. The maximum absolute atomic E-state index is 14.0. The highest BCUT2D eigenvalue weighted by Crippen LogP contribution is 2.35. The number of rotatable bonds is 3. The van der Waals surface area contributed by atoms with Gasteiger partial charge < -0.3 is 14.6 Å². The summed E-state index contributed by atoms with van der Waals surface area (Å²) in [5, 5.41) is 8.79. The summed E-state index contributed by atoms with van der Waals surface area (Å²) in [4.78, 5) is 10.7. The van der Waals surface area contributed by atoms with Crippen molar-refractivity contribution in [2.75, 3.05) is 13.2 Å². The van der Waals surface area contributed by atoms with Gasteiger partial charge in [0.25, 0.3) is 0 Å². The van der Waals surface area contributed by atoms with Gasteiger partial charge in [-0.1, -0.05) is 13.0 Å². The highest BCUT2D eigenvalue weighted by atomic mass is 19.1. The van der Waals surface area contributed by atoms with Gasteiger partial charge in [0.15, 0.2) is 17.3 Å². The Labute approximate surface area is 98.0 Å².